The molecule has 140 valence electrons. The standard InChI is InChI=1S/C19H26N4O2S/c1-5-23(16-8-6-7-14(2)11-16)18-12-15(3)20-19(21-18)22(4)17-9-10-26(24,25)13-17/h6-8,11-12,17H,5,9-10,13H2,1-4H3. The molecule has 6 nitrogen and oxygen atoms in total. The van der Waals surface area contributed by atoms with Gasteiger partial charge in [-0.05, 0) is 44.9 Å². The summed E-state index contributed by atoms with van der Waals surface area (Å²) in [6, 6.07) is 10.2. The highest BCUT2D eigenvalue weighted by Gasteiger charge is 2.32. The fourth-order valence-corrected chi connectivity index (χ4v) is 5.12. The molecule has 0 amide bonds. The van der Waals surface area contributed by atoms with E-state index in [0.717, 1.165) is 23.7 Å². The molecule has 1 atom stereocenters. The van der Waals surface area contributed by atoms with Crippen molar-refractivity contribution in [3.63, 3.8) is 0 Å². The van der Waals surface area contributed by atoms with Gasteiger partial charge in [0.2, 0.25) is 5.95 Å². The molecule has 7 heteroatoms. The Bertz CT molecular complexity index is 898. The summed E-state index contributed by atoms with van der Waals surface area (Å²) in [6.45, 7) is 6.88. The van der Waals surface area contributed by atoms with Crippen LogP contribution in [0.1, 0.15) is 24.6 Å². The Morgan fingerprint density at radius 1 is 1.19 bits per heavy atom. The van der Waals surface area contributed by atoms with Crippen LogP contribution in [0.15, 0.2) is 30.3 Å². The van der Waals surface area contributed by atoms with E-state index < -0.39 is 9.84 Å². The highest BCUT2D eigenvalue weighted by molar-refractivity contribution is 7.91. The van der Waals surface area contributed by atoms with E-state index in [4.69, 9.17) is 4.98 Å². The summed E-state index contributed by atoms with van der Waals surface area (Å²) < 4.78 is 23.6. The zero-order valence-corrected chi connectivity index (χ0v) is 16.6. The van der Waals surface area contributed by atoms with E-state index >= 15 is 0 Å². The third kappa shape index (κ3) is 3.98. The first kappa shape index (κ1) is 18.6. The Hall–Kier alpha value is -2.15. The molecule has 2 aromatic rings. The van der Waals surface area contributed by atoms with Gasteiger partial charge in [-0.3, -0.25) is 0 Å². The monoisotopic (exact) mass is 374 g/mol. The van der Waals surface area contributed by atoms with Gasteiger partial charge < -0.3 is 9.80 Å². The number of aromatic nitrogens is 2. The highest BCUT2D eigenvalue weighted by atomic mass is 32.2. The van der Waals surface area contributed by atoms with Gasteiger partial charge in [-0.25, -0.2) is 13.4 Å². The van der Waals surface area contributed by atoms with Crippen LogP contribution in [0.3, 0.4) is 0 Å². The molecular formula is C19H26N4O2S. The number of hydrogen-bond acceptors (Lipinski definition) is 6. The van der Waals surface area contributed by atoms with Gasteiger partial charge in [-0.15, -0.1) is 0 Å². The maximum Gasteiger partial charge on any atom is 0.227 e. The van der Waals surface area contributed by atoms with Crippen LogP contribution >= 0.6 is 0 Å². The first-order valence-electron chi connectivity index (χ1n) is 8.92. The minimum Gasteiger partial charge on any atom is -0.340 e. The Morgan fingerprint density at radius 2 is 1.96 bits per heavy atom. The molecule has 2 heterocycles. The Balaban J connectivity index is 1.94. The van der Waals surface area contributed by atoms with Gasteiger partial charge in [0.05, 0.1) is 11.5 Å². The number of benzene rings is 1. The van der Waals surface area contributed by atoms with Crippen LogP contribution < -0.4 is 9.80 Å². The zero-order chi connectivity index (χ0) is 18.9. The Labute approximate surface area is 155 Å². The molecule has 0 radical (unpaired) electrons. The lowest BCUT2D eigenvalue weighted by molar-refractivity contribution is 0.600. The Morgan fingerprint density at radius 3 is 2.58 bits per heavy atom. The second-order valence-corrected chi connectivity index (χ2v) is 9.15. The van der Waals surface area contributed by atoms with Gasteiger partial charge in [-0.2, -0.15) is 4.98 Å². The predicted molar refractivity (Wildman–Crippen MR) is 106 cm³/mol. The number of aryl methyl sites for hydroxylation is 2. The SMILES string of the molecule is CCN(c1cccc(C)c1)c1cc(C)nc(N(C)C2CCS(=O)(=O)C2)n1. The van der Waals surface area contributed by atoms with E-state index in [-0.39, 0.29) is 17.5 Å². The molecule has 0 bridgehead atoms. The maximum atomic E-state index is 11.8. The minimum absolute atomic E-state index is 0.0660. The summed E-state index contributed by atoms with van der Waals surface area (Å²) in [4.78, 5) is 13.3. The van der Waals surface area contributed by atoms with Gasteiger partial charge in [0.25, 0.3) is 0 Å². The second kappa shape index (κ2) is 7.23. The molecule has 1 unspecified atom stereocenters. The molecule has 1 fully saturated rings. The largest absolute Gasteiger partial charge is 0.340 e. The fraction of sp³-hybridized carbons (Fsp3) is 0.474. The highest BCUT2D eigenvalue weighted by Crippen LogP contribution is 2.27. The van der Waals surface area contributed by atoms with Gasteiger partial charge in [0.15, 0.2) is 9.84 Å². The molecule has 1 aliphatic heterocycles. The third-order valence-corrected chi connectivity index (χ3v) is 6.56. The fourth-order valence-electron chi connectivity index (χ4n) is 3.35. The first-order valence-corrected chi connectivity index (χ1v) is 10.7. The maximum absolute atomic E-state index is 11.8. The number of rotatable bonds is 5. The molecule has 1 aromatic heterocycles. The Kier molecular flexibility index (Phi) is 5.18. The van der Waals surface area contributed by atoms with Gasteiger partial charge in [-0.1, -0.05) is 12.1 Å². The van der Waals surface area contributed by atoms with Crippen molar-refractivity contribution in [3.05, 3.63) is 41.6 Å². The second-order valence-electron chi connectivity index (χ2n) is 6.92. The van der Waals surface area contributed by atoms with Crippen molar-refractivity contribution in [1.29, 1.82) is 0 Å². The van der Waals surface area contributed by atoms with Crippen LogP contribution in [-0.2, 0) is 9.84 Å². The topological polar surface area (TPSA) is 66.4 Å². The summed E-state index contributed by atoms with van der Waals surface area (Å²) in [7, 11) is -1.06. The molecule has 1 saturated heterocycles. The van der Waals surface area contributed by atoms with E-state index in [1.165, 1.54) is 5.56 Å². The van der Waals surface area contributed by atoms with Crippen molar-refractivity contribution in [2.75, 3.05) is 34.9 Å². The van der Waals surface area contributed by atoms with E-state index in [0.29, 0.717) is 12.4 Å². The van der Waals surface area contributed by atoms with Crippen LogP contribution in [0.2, 0.25) is 0 Å². The summed E-state index contributed by atoms with van der Waals surface area (Å²) in [5, 5.41) is 0. The van der Waals surface area contributed by atoms with E-state index in [2.05, 4.69) is 41.9 Å². The zero-order valence-electron chi connectivity index (χ0n) is 15.8. The number of hydrogen-bond donors (Lipinski definition) is 0. The van der Waals surface area contributed by atoms with Gasteiger partial charge in [0, 0.05) is 37.1 Å². The minimum atomic E-state index is -2.95. The van der Waals surface area contributed by atoms with Crippen molar-refractivity contribution in [1.82, 2.24) is 9.97 Å². The third-order valence-electron chi connectivity index (χ3n) is 4.81. The van der Waals surface area contributed by atoms with Crippen LogP contribution in [0, 0.1) is 13.8 Å². The lowest BCUT2D eigenvalue weighted by Gasteiger charge is -2.27. The van der Waals surface area contributed by atoms with Gasteiger partial charge >= 0.3 is 0 Å². The lowest BCUT2D eigenvalue weighted by Crippen LogP contribution is -2.34. The summed E-state index contributed by atoms with van der Waals surface area (Å²) in [5.74, 6) is 1.82. The summed E-state index contributed by atoms with van der Waals surface area (Å²) in [5.41, 5.74) is 3.15. The number of nitrogens with zero attached hydrogens (tertiary/aromatic N) is 4. The molecule has 3 rings (SSSR count). The molecule has 1 aliphatic rings. The number of sulfone groups is 1. The normalized spacial score (nSPS) is 18.7. The van der Waals surface area contributed by atoms with Crippen molar-refractivity contribution in [2.45, 2.75) is 33.2 Å². The van der Waals surface area contributed by atoms with Crippen LogP contribution in [0.5, 0.6) is 0 Å². The van der Waals surface area contributed by atoms with E-state index in [1.807, 2.05) is 31.0 Å². The van der Waals surface area contributed by atoms with Crippen LogP contribution in [-0.4, -0.2) is 49.5 Å². The first-order chi connectivity index (χ1) is 12.3. The van der Waals surface area contributed by atoms with Crippen LogP contribution in [0.4, 0.5) is 17.5 Å². The molecule has 0 N–H and O–H groups in total. The van der Waals surface area contributed by atoms with E-state index in [9.17, 15) is 8.42 Å². The van der Waals surface area contributed by atoms with Crippen molar-refractivity contribution in [2.24, 2.45) is 0 Å². The molecule has 26 heavy (non-hydrogen) atoms. The average molecular weight is 375 g/mol. The predicted octanol–water partition coefficient (Wildman–Crippen LogP) is 2.87. The molecule has 0 spiro atoms. The summed E-state index contributed by atoms with van der Waals surface area (Å²) >= 11 is 0. The van der Waals surface area contributed by atoms with Crippen LogP contribution in [0.25, 0.3) is 0 Å². The van der Waals surface area contributed by atoms with Crippen molar-refractivity contribution in [3.8, 4) is 0 Å². The van der Waals surface area contributed by atoms with Crippen molar-refractivity contribution >= 4 is 27.3 Å². The lowest BCUT2D eigenvalue weighted by atomic mass is 10.2. The quantitative estimate of drug-likeness (QED) is 0.802. The molecule has 0 aliphatic carbocycles. The molecule has 0 saturated carbocycles. The van der Waals surface area contributed by atoms with Crippen molar-refractivity contribution < 1.29 is 8.42 Å². The molecular weight excluding hydrogens is 348 g/mol. The molecule has 1 aromatic carbocycles. The smallest absolute Gasteiger partial charge is 0.227 e. The summed E-state index contributed by atoms with van der Waals surface area (Å²) in [6.07, 6.45) is 0.626. The number of anilines is 3. The van der Waals surface area contributed by atoms with Gasteiger partial charge in [0.1, 0.15) is 5.82 Å². The average Bonchev–Trinajstić information content (AvgIpc) is 2.94. The van der Waals surface area contributed by atoms with E-state index in [1.54, 1.807) is 0 Å².